The van der Waals surface area contributed by atoms with E-state index in [0.29, 0.717) is 11.7 Å². The molecule has 0 spiro atoms. The van der Waals surface area contributed by atoms with E-state index in [0.717, 1.165) is 25.7 Å². The van der Waals surface area contributed by atoms with Gasteiger partial charge in [0, 0.05) is 11.8 Å². The van der Waals surface area contributed by atoms with Crippen LogP contribution < -0.4 is 0 Å². The Morgan fingerprint density at radius 1 is 0.857 bits per heavy atom. The van der Waals surface area contributed by atoms with Crippen molar-refractivity contribution in [2.45, 2.75) is 32.6 Å². The van der Waals surface area contributed by atoms with Gasteiger partial charge >= 0.3 is 0 Å². The summed E-state index contributed by atoms with van der Waals surface area (Å²) in [6.07, 6.45) is 4.06. The maximum atomic E-state index is 12.2. The van der Waals surface area contributed by atoms with Gasteiger partial charge in [-0.1, -0.05) is 61.5 Å². The minimum Gasteiger partial charge on any atom is -0.299 e. The molecule has 0 aliphatic heterocycles. The molecule has 0 amide bonds. The third-order valence-electron chi connectivity index (χ3n) is 4.70. The van der Waals surface area contributed by atoms with Crippen molar-refractivity contribution < 1.29 is 4.79 Å². The van der Waals surface area contributed by atoms with Crippen LogP contribution in [0.15, 0.2) is 54.6 Å². The van der Waals surface area contributed by atoms with Crippen molar-refractivity contribution in [2.75, 3.05) is 0 Å². The van der Waals surface area contributed by atoms with Crippen molar-refractivity contribution >= 4 is 5.78 Å². The number of hydrogen-bond acceptors (Lipinski definition) is 1. The molecule has 1 aliphatic carbocycles. The van der Waals surface area contributed by atoms with Gasteiger partial charge in [-0.3, -0.25) is 4.79 Å². The third kappa shape index (κ3) is 3.07. The monoisotopic (exact) mass is 278 g/mol. The number of rotatable bonds is 4. The molecule has 0 N–H and O–H groups in total. The highest BCUT2D eigenvalue weighted by Crippen LogP contribution is 2.32. The van der Waals surface area contributed by atoms with Crippen LogP contribution in [-0.4, -0.2) is 5.78 Å². The molecule has 1 aliphatic rings. The number of carbonyl (C=O) groups excluding carboxylic acids is 1. The molecule has 0 saturated heterocycles. The standard InChI is InChI=1S/C20H22O/c1-2-16-12-13-19(20(16)21)14-15-8-10-18(11-9-15)17-6-4-3-5-7-17/h3-11,16,19H,2,12-14H2,1H3. The predicted molar refractivity (Wildman–Crippen MR) is 87.1 cm³/mol. The van der Waals surface area contributed by atoms with Crippen LogP contribution in [0, 0.1) is 11.8 Å². The highest BCUT2D eigenvalue weighted by atomic mass is 16.1. The first-order valence-corrected chi connectivity index (χ1v) is 7.96. The normalized spacial score (nSPS) is 21.7. The van der Waals surface area contributed by atoms with Gasteiger partial charge in [0.25, 0.3) is 0 Å². The molecule has 1 heteroatoms. The quantitative estimate of drug-likeness (QED) is 0.777. The second-order valence-electron chi connectivity index (χ2n) is 6.05. The minimum atomic E-state index is 0.248. The predicted octanol–water partition coefficient (Wildman–Crippen LogP) is 4.90. The molecule has 0 bridgehead atoms. The Hall–Kier alpha value is -1.89. The molecule has 1 saturated carbocycles. The molecule has 2 aromatic rings. The Morgan fingerprint density at radius 3 is 2.10 bits per heavy atom. The van der Waals surface area contributed by atoms with E-state index in [4.69, 9.17) is 0 Å². The van der Waals surface area contributed by atoms with Gasteiger partial charge in [-0.15, -0.1) is 0 Å². The second kappa shape index (κ2) is 6.26. The van der Waals surface area contributed by atoms with E-state index in [2.05, 4.69) is 55.5 Å². The summed E-state index contributed by atoms with van der Waals surface area (Å²) in [4.78, 5) is 12.2. The molecule has 0 heterocycles. The lowest BCUT2D eigenvalue weighted by Crippen LogP contribution is -2.15. The number of ketones is 1. The fourth-order valence-electron chi connectivity index (χ4n) is 3.38. The molecule has 0 radical (unpaired) electrons. The molecular weight excluding hydrogens is 256 g/mol. The zero-order valence-corrected chi connectivity index (χ0v) is 12.6. The zero-order chi connectivity index (χ0) is 14.7. The maximum Gasteiger partial charge on any atom is 0.139 e. The molecule has 21 heavy (non-hydrogen) atoms. The van der Waals surface area contributed by atoms with Gasteiger partial charge in [0.15, 0.2) is 0 Å². The Morgan fingerprint density at radius 2 is 1.48 bits per heavy atom. The van der Waals surface area contributed by atoms with Gasteiger partial charge in [-0.25, -0.2) is 0 Å². The average molecular weight is 278 g/mol. The van der Waals surface area contributed by atoms with E-state index in [1.165, 1.54) is 16.7 Å². The first-order chi connectivity index (χ1) is 10.3. The largest absolute Gasteiger partial charge is 0.299 e. The summed E-state index contributed by atoms with van der Waals surface area (Å²) >= 11 is 0. The summed E-state index contributed by atoms with van der Waals surface area (Å²) in [5.41, 5.74) is 3.76. The fraction of sp³-hybridized carbons (Fsp3) is 0.350. The first kappa shape index (κ1) is 14.1. The summed E-state index contributed by atoms with van der Waals surface area (Å²) in [6, 6.07) is 19.1. The Labute approximate surface area is 127 Å². The first-order valence-electron chi connectivity index (χ1n) is 7.96. The molecule has 1 fully saturated rings. The van der Waals surface area contributed by atoms with Crippen LogP contribution in [0.5, 0.6) is 0 Å². The van der Waals surface area contributed by atoms with Crippen molar-refractivity contribution in [1.82, 2.24) is 0 Å². The van der Waals surface area contributed by atoms with Gasteiger partial charge in [0.05, 0.1) is 0 Å². The smallest absolute Gasteiger partial charge is 0.139 e. The van der Waals surface area contributed by atoms with Gasteiger partial charge in [-0.2, -0.15) is 0 Å². The molecule has 2 atom stereocenters. The number of hydrogen-bond donors (Lipinski definition) is 0. The summed E-state index contributed by atoms with van der Waals surface area (Å²) in [6.45, 7) is 2.12. The average Bonchev–Trinajstić information content (AvgIpc) is 2.89. The van der Waals surface area contributed by atoms with Crippen LogP contribution in [0.25, 0.3) is 11.1 Å². The van der Waals surface area contributed by atoms with Crippen LogP contribution in [0.4, 0.5) is 0 Å². The SMILES string of the molecule is CCC1CCC(Cc2ccc(-c3ccccc3)cc2)C1=O. The topological polar surface area (TPSA) is 17.1 Å². The molecule has 2 aromatic carbocycles. The van der Waals surface area contributed by atoms with Crippen molar-refractivity contribution in [3.05, 3.63) is 60.2 Å². The lowest BCUT2D eigenvalue weighted by molar-refractivity contribution is -0.123. The molecular formula is C20H22O. The summed E-state index contributed by atoms with van der Waals surface area (Å²) < 4.78 is 0. The van der Waals surface area contributed by atoms with E-state index in [1.807, 2.05) is 6.07 Å². The van der Waals surface area contributed by atoms with E-state index < -0.39 is 0 Å². The van der Waals surface area contributed by atoms with E-state index in [-0.39, 0.29) is 5.92 Å². The van der Waals surface area contributed by atoms with Crippen molar-refractivity contribution in [2.24, 2.45) is 11.8 Å². The molecule has 108 valence electrons. The van der Waals surface area contributed by atoms with Gasteiger partial charge in [0.1, 0.15) is 5.78 Å². The van der Waals surface area contributed by atoms with Crippen molar-refractivity contribution in [3.8, 4) is 11.1 Å². The van der Waals surface area contributed by atoms with Crippen LogP contribution in [0.1, 0.15) is 31.7 Å². The zero-order valence-electron chi connectivity index (χ0n) is 12.6. The third-order valence-corrected chi connectivity index (χ3v) is 4.70. The number of benzene rings is 2. The highest BCUT2D eigenvalue weighted by Gasteiger charge is 2.32. The van der Waals surface area contributed by atoms with Crippen molar-refractivity contribution in [3.63, 3.8) is 0 Å². The Kier molecular flexibility index (Phi) is 4.19. The lowest BCUT2D eigenvalue weighted by atomic mass is 9.93. The minimum absolute atomic E-state index is 0.248. The van der Waals surface area contributed by atoms with Gasteiger partial charge in [0.2, 0.25) is 0 Å². The highest BCUT2D eigenvalue weighted by molar-refractivity contribution is 5.85. The van der Waals surface area contributed by atoms with Crippen LogP contribution >= 0.6 is 0 Å². The Balaban J connectivity index is 1.69. The van der Waals surface area contributed by atoms with Gasteiger partial charge < -0.3 is 0 Å². The fourth-order valence-corrected chi connectivity index (χ4v) is 3.38. The molecule has 0 aromatic heterocycles. The van der Waals surface area contributed by atoms with E-state index in [1.54, 1.807) is 0 Å². The molecule has 2 unspecified atom stereocenters. The number of carbonyl (C=O) groups is 1. The van der Waals surface area contributed by atoms with Crippen molar-refractivity contribution in [1.29, 1.82) is 0 Å². The Bertz CT molecular complexity index is 597. The van der Waals surface area contributed by atoms with E-state index in [9.17, 15) is 4.79 Å². The summed E-state index contributed by atoms with van der Waals surface area (Å²) in [5, 5.41) is 0. The van der Waals surface area contributed by atoms with Crippen LogP contribution in [-0.2, 0) is 11.2 Å². The molecule has 1 nitrogen and oxygen atoms in total. The number of Topliss-reactive ketones (excluding diaryl/α,β-unsaturated/α-hetero) is 1. The van der Waals surface area contributed by atoms with Crippen LogP contribution in [0.2, 0.25) is 0 Å². The van der Waals surface area contributed by atoms with E-state index >= 15 is 0 Å². The second-order valence-corrected chi connectivity index (χ2v) is 6.05. The summed E-state index contributed by atoms with van der Waals surface area (Å²) in [5.74, 6) is 1.06. The van der Waals surface area contributed by atoms with Crippen LogP contribution in [0.3, 0.4) is 0 Å². The lowest BCUT2D eigenvalue weighted by Gasteiger charge is -2.10. The summed E-state index contributed by atoms with van der Waals surface area (Å²) in [7, 11) is 0. The van der Waals surface area contributed by atoms with Gasteiger partial charge in [-0.05, 0) is 42.4 Å². The molecule has 3 rings (SSSR count). The maximum absolute atomic E-state index is 12.2.